The monoisotopic (exact) mass is 262 g/mol. The van der Waals surface area contributed by atoms with Crippen LogP contribution in [0.4, 0.5) is 5.69 Å². The summed E-state index contributed by atoms with van der Waals surface area (Å²) in [6.07, 6.45) is 0. The Morgan fingerprint density at radius 1 is 1.47 bits per heavy atom. The van der Waals surface area contributed by atoms with Crippen LogP contribution < -0.4 is 10.2 Å². The first-order chi connectivity index (χ1) is 9.06. The number of nitrogens with one attached hydrogen (secondary N) is 1. The number of benzene rings is 1. The van der Waals surface area contributed by atoms with Gasteiger partial charge in [0.25, 0.3) is 0 Å². The first-order valence-corrected chi connectivity index (χ1v) is 6.34. The fraction of sp³-hybridized carbons (Fsp3) is 0.429. The van der Waals surface area contributed by atoms with E-state index < -0.39 is 11.9 Å². The highest BCUT2D eigenvalue weighted by atomic mass is 16.4. The zero-order chi connectivity index (χ0) is 14.0. The molecule has 1 amide bonds. The van der Waals surface area contributed by atoms with E-state index in [1.54, 1.807) is 24.1 Å². The van der Waals surface area contributed by atoms with Gasteiger partial charge < -0.3 is 15.3 Å². The minimum absolute atomic E-state index is 0.0365. The largest absolute Gasteiger partial charge is 0.481 e. The lowest BCUT2D eigenvalue weighted by Gasteiger charge is -2.21. The van der Waals surface area contributed by atoms with Gasteiger partial charge in [0, 0.05) is 24.7 Å². The fourth-order valence-electron chi connectivity index (χ4n) is 2.49. The molecule has 0 aromatic heterocycles. The molecule has 0 saturated carbocycles. The number of nitrogens with zero attached hydrogens (tertiary/aromatic N) is 1. The molecule has 102 valence electrons. The molecular formula is C14H18N2O3. The average molecular weight is 262 g/mol. The molecule has 0 aliphatic carbocycles. The molecule has 0 saturated heterocycles. The molecule has 1 heterocycles. The first-order valence-electron chi connectivity index (χ1n) is 6.34. The molecule has 5 heteroatoms. The van der Waals surface area contributed by atoms with Gasteiger partial charge in [0.05, 0.1) is 0 Å². The Kier molecular flexibility index (Phi) is 3.85. The van der Waals surface area contributed by atoms with Gasteiger partial charge in [0.15, 0.2) is 0 Å². The van der Waals surface area contributed by atoms with Crippen molar-refractivity contribution < 1.29 is 14.7 Å². The summed E-state index contributed by atoms with van der Waals surface area (Å²) in [4.78, 5) is 25.2. The smallest absolute Gasteiger partial charge is 0.312 e. The molecule has 1 aromatic carbocycles. The number of carboxylic acids is 1. The van der Waals surface area contributed by atoms with Crippen molar-refractivity contribution in [3.63, 3.8) is 0 Å². The van der Waals surface area contributed by atoms with Crippen molar-refractivity contribution >= 4 is 17.6 Å². The zero-order valence-electron chi connectivity index (χ0n) is 11.1. The SMILES string of the molecule is CNCC(C)C(=O)N1CC(C(=O)O)c2ccccc21. The Labute approximate surface area is 112 Å². The van der Waals surface area contributed by atoms with Crippen LogP contribution in [0.5, 0.6) is 0 Å². The second-order valence-corrected chi connectivity index (χ2v) is 4.86. The summed E-state index contributed by atoms with van der Waals surface area (Å²) >= 11 is 0. The van der Waals surface area contributed by atoms with Crippen LogP contribution in [-0.2, 0) is 9.59 Å². The lowest BCUT2D eigenvalue weighted by atomic mass is 10.0. The third kappa shape index (κ3) is 2.46. The standard InChI is InChI=1S/C14H18N2O3/c1-9(7-15-2)13(17)16-8-11(14(18)19)10-5-3-4-6-12(10)16/h3-6,9,11,15H,7-8H2,1-2H3,(H,18,19). The highest BCUT2D eigenvalue weighted by molar-refractivity contribution is 6.00. The van der Waals surface area contributed by atoms with E-state index in [1.807, 2.05) is 19.1 Å². The van der Waals surface area contributed by atoms with Crippen LogP contribution in [0.2, 0.25) is 0 Å². The maximum Gasteiger partial charge on any atom is 0.312 e. The van der Waals surface area contributed by atoms with E-state index >= 15 is 0 Å². The zero-order valence-corrected chi connectivity index (χ0v) is 11.1. The topological polar surface area (TPSA) is 69.6 Å². The molecule has 1 aromatic rings. The normalized spacial score (nSPS) is 19.1. The lowest BCUT2D eigenvalue weighted by molar-refractivity contribution is -0.138. The van der Waals surface area contributed by atoms with E-state index in [4.69, 9.17) is 0 Å². The van der Waals surface area contributed by atoms with Crippen molar-refractivity contribution in [3.05, 3.63) is 29.8 Å². The molecule has 1 aliphatic rings. The Morgan fingerprint density at radius 2 is 2.16 bits per heavy atom. The number of carbonyl (C=O) groups excluding carboxylic acids is 1. The van der Waals surface area contributed by atoms with Crippen LogP contribution in [0.15, 0.2) is 24.3 Å². The summed E-state index contributed by atoms with van der Waals surface area (Å²) in [5, 5.41) is 12.2. The molecule has 0 fully saturated rings. The highest BCUT2D eigenvalue weighted by Gasteiger charge is 2.37. The minimum atomic E-state index is -0.885. The van der Waals surface area contributed by atoms with E-state index in [-0.39, 0.29) is 18.4 Å². The minimum Gasteiger partial charge on any atom is -0.481 e. The van der Waals surface area contributed by atoms with Crippen molar-refractivity contribution in [2.24, 2.45) is 5.92 Å². The summed E-state index contributed by atoms with van der Waals surface area (Å²) in [7, 11) is 1.79. The fourth-order valence-corrected chi connectivity index (χ4v) is 2.49. The number of aliphatic carboxylic acids is 1. The van der Waals surface area contributed by atoms with E-state index in [9.17, 15) is 14.7 Å². The van der Waals surface area contributed by atoms with Crippen LogP contribution >= 0.6 is 0 Å². The Balaban J connectivity index is 2.30. The van der Waals surface area contributed by atoms with Gasteiger partial charge in [0.1, 0.15) is 5.92 Å². The van der Waals surface area contributed by atoms with Crippen LogP contribution in [0.3, 0.4) is 0 Å². The molecular weight excluding hydrogens is 244 g/mol. The summed E-state index contributed by atoms with van der Waals surface area (Å²) < 4.78 is 0. The maximum absolute atomic E-state index is 12.4. The van der Waals surface area contributed by atoms with Crippen molar-refractivity contribution in [1.82, 2.24) is 5.32 Å². The third-order valence-electron chi connectivity index (χ3n) is 3.46. The van der Waals surface area contributed by atoms with Gasteiger partial charge in [-0.1, -0.05) is 25.1 Å². The van der Waals surface area contributed by atoms with E-state index in [2.05, 4.69) is 5.32 Å². The Bertz CT molecular complexity index is 501. The second kappa shape index (κ2) is 5.40. The molecule has 2 rings (SSSR count). The molecule has 2 N–H and O–H groups in total. The van der Waals surface area contributed by atoms with Gasteiger partial charge in [-0.2, -0.15) is 0 Å². The van der Waals surface area contributed by atoms with Gasteiger partial charge in [0.2, 0.25) is 5.91 Å². The van der Waals surface area contributed by atoms with Gasteiger partial charge in [-0.05, 0) is 18.7 Å². The predicted molar refractivity (Wildman–Crippen MR) is 72.3 cm³/mol. The molecule has 1 aliphatic heterocycles. The summed E-state index contributed by atoms with van der Waals surface area (Å²) in [6.45, 7) is 2.65. The molecule has 5 nitrogen and oxygen atoms in total. The molecule has 2 unspecified atom stereocenters. The molecule has 0 bridgehead atoms. The number of hydrogen-bond acceptors (Lipinski definition) is 3. The Morgan fingerprint density at radius 3 is 2.79 bits per heavy atom. The summed E-state index contributed by atoms with van der Waals surface area (Å²) in [5.74, 6) is -1.72. The number of amides is 1. The van der Waals surface area contributed by atoms with Crippen molar-refractivity contribution in [1.29, 1.82) is 0 Å². The van der Waals surface area contributed by atoms with Crippen molar-refractivity contribution in [3.8, 4) is 0 Å². The second-order valence-electron chi connectivity index (χ2n) is 4.86. The number of anilines is 1. The van der Waals surface area contributed by atoms with Crippen LogP contribution in [0.1, 0.15) is 18.4 Å². The quantitative estimate of drug-likeness (QED) is 0.851. The molecule has 0 spiro atoms. The van der Waals surface area contributed by atoms with E-state index in [0.29, 0.717) is 6.54 Å². The van der Waals surface area contributed by atoms with Gasteiger partial charge in [-0.15, -0.1) is 0 Å². The van der Waals surface area contributed by atoms with E-state index in [0.717, 1.165) is 11.3 Å². The van der Waals surface area contributed by atoms with Gasteiger partial charge in [-0.3, -0.25) is 9.59 Å². The van der Waals surface area contributed by atoms with E-state index in [1.165, 1.54) is 0 Å². The molecule has 19 heavy (non-hydrogen) atoms. The van der Waals surface area contributed by atoms with Crippen LogP contribution in [-0.4, -0.2) is 37.1 Å². The highest BCUT2D eigenvalue weighted by Crippen LogP contribution is 2.36. The number of fused-ring (bicyclic) bond motifs is 1. The van der Waals surface area contributed by atoms with Crippen molar-refractivity contribution in [2.75, 3.05) is 25.0 Å². The number of rotatable bonds is 4. The van der Waals surface area contributed by atoms with Gasteiger partial charge >= 0.3 is 5.97 Å². The van der Waals surface area contributed by atoms with Crippen LogP contribution in [0.25, 0.3) is 0 Å². The lowest BCUT2D eigenvalue weighted by Crippen LogP contribution is -2.38. The first kappa shape index (κ1) is 13.5. The van der Waals surface area contributed by atoms with Gasteiger partial charge in [-0.25, -0.2) is 0 Å². The van der Waals surface area contributed by atoms with Crippen LogP contribution in [0, 0.1) is 5.92 Å². The third-order valence-corrected chi connectivity index (χ3v) is 3.46. The number of carboxylic acid groups (broad SMARTS) is 1. The number of carbonyl (C=O) groups is 2. The summed E-state index contributed by atoms with van der Waals surface area (Å²) in [6, 6.07) is 7.22. The average Bonchev–Trinajstić information content (AvgIpc) is 2.78. The predicted octanol–water partition coefficient (Wildman–Crippen LogP) is 1.06. The van der Waals surface area contributed by atoms with Crippen molar-refractivity contribution in [2.45, 2.75) is 12.8 Å². The number of hydrogen-bond donors (Lipinski definition) is 2. The summed E-state index contributed by atoms with van der Waals surface area (Å²) in [5.41, 5.74) is 1.45. The maximum atomic E-state index is 12.4. The molecule has 0 radical (unpaired) electrons. The Hall–Kier alpha value is -1.88. The number of para-hydroxylation sites is 1. The molecule has 2 atom stereocenters.